The first kappa shape index (κ1) is 15.4. The van der Waals surface area contributed by atoms with Gasteiger partial charge < -0.3 is 20.5 Å². The van der Waals surface area contributed by atoms with Crippen molar-refractivity contribution >= 4 is 5.91 Å². The first-order chi connectivity index (χ1) is 8.67. The molecular weight excluding hydrogens is 232 g/mol. The molecule has 0 spiro atoms. The second-order valence-corrected chi connectivity index (χ2v) is 5.10. The molecule has 1 aliphatic carbocycles. The highest BCUT2D eigenvalue weighted by Crippen LogP contribution is 2.31. The van der Waals surface area contributed by atoms with Crippen LogP contribution in [0.25, 0.3) is 0 Å². The smallest absolute Gasteiger partial charge is 0.223 e. The van der Waals surface area contributed by atoms with Crippen molar-refractivity contribution in [3.8, 4) is 0 Å². The van der Waals surface area contributed by atoms with Gasteiger partial charge >= 0.3 is 0 Å². The van der Waals surface area contributed by atoms with Gasteiger partial charge in [0.05, 0.1) is 6.61 Å². The average Bonchev–Trinajstić information content (AvgIpc) is 2.43. The molecule has 0 aliphatic heterocycles. The maximum Gasteiger partial charge on any atom is 0.223 e. The number of aliphatic hydroxyl groups is 1. The minimum absolute atomic E-state index is 0.0977. The average molecular weight is 258 g/mol. The number of amides is 1. The van der Waals surface area contributed by atoms with Crippen molar-refractivity contribution in [3.63, 3.8) is 0 Å². The van der Waals surface area contributed by atoms with E-state index in [0.717, 1.165) is 32.1 Å². The molecule has 18 heavy (non-hydrogen) atoms. The number of methoxy groups -OCH3 is 1. The highest BCUT2D eigenvalue weighted by atomic mass is 16.5. The standard InChI is InChI=1S/C13H26N2O3/c1-14-13(10-16)6-4-11(5-7-13)12(17)15-8-3-9-18-2/h11,14,16H,3-10H2,1-2H3,(H,15,17). The van der Waals surface area contributed by atoms with Crippen LogP contribution in [0.15, 0.2) is 0 Å². The maximum atomic E-state index is 11.9. The minimum atomic E-state index is -0.174. The summed E-state index contributed by atoms with van der Waals surface area (Å²) in [6.07, 6.45) is 4.26. The van der Waals surface area contributed by atoms with Crippen LogP contribution >= 0.6 is 0 Å². The van der Waals surface area contributed by atoms with Gasteiger partial charge in [0, 0.05) is 31.7 Å². The molecule has 0 atom stereocenters. The molecule has 0 unspecified atom stereocenters. The summed E-state index contributed by atoms with van der Waals surface area (Å²) in [6.45, 7) is 1.50. The van der Waals surface area contributed by atoms with Gasteiger partial charge in [-0.3, -0.25) is 4.79 Å². The van der Waals surface area contributed by atoms with Crippen molar-refractivity contribution in [3.05, 3.63) is 0 Å². The lowest BCUT2D eigenvalue weighted by atomic mass is 9.76. The molecule has 0 radical (unpaired) electrons. The van der Waals surface area contributed by atoms with Crippen LogP contribution < -0.4 is 10.6 Å². The molecule has 0 aromatic carbocycles. The molecule has 5 heteroatoms. The number of carbonyl (C=O) groups excluding carboxylic acids is 1. The molecule has 0 bridgehead atoms. The number of carbonyl (C=O) groups is 1. The predicted octanol–water partition coefficient (Wildman–Crippen LogP) is 0.280. The summed E-state index contributed by atoms with van der Waals surface area (Å²) in [5.41, 5.74) is -0.174. The molecular formula is C13H26N2O3. The van der Waals surface area contributed by atoms with Gasteiger partial charge in [0.25, 0.3) is 0 Å². The Bertz CT molecular complexity index is 245. The van der Waals surface area contributed by atoms with Crippen LogP contribution in [-0.4, -0.2) is 50.5 Å². The zero-order valence-electron chi connectivity index (χ0n) is 11.5. The summed E-state index contributed by atoms with van der Waals surface area (Å²) in [5.74, 6) is 0.245. The zero-order valence-corrected chi connectivity index (χ0v) is 11.5. The lowest BCUT2D eigenvalue weighted by Crippen LogP contribution is -2.50. The van der Waals surface area contributed by atoms with Crippen LogP contribution in [0.4, 0.5) is 0 Å². The van der Waals surface area contributed by atoms with E-state index >= 15 is 0 Å². The molecule has 1 aliphatic rings. The van der Waals surface area contributed by atoms with Crippen molar-refractivity contribution in [2.45, 2.75) is 37.6 Å². The molecule has 1 fully saturated rings. The molecule has 1 saturated carbocycles. The van der Waals surface area contributed by atoms with Crippen molar-refractivity contribution in [1.82, 2.24) is 10.6 Å². The van der Waals surface area contributed by atoms with E-state index in [9.17, 15) is 9.90 Å². The van der Waals surface area contributed by atoms with Gasteiger partial charge in [-0.1, -0.05) is 0 Å². The fourth-order valence-corrected chi connectivity index (χ4v) is 2.49. The Morgan fingerprint density at radius 3 is 2.61 bits per heavy atom. The molecule has 3 N–H and O–H groups in total. The van der Waals surface area contributed by atoms with Crippen LogP contribution in [0, 0.1) is 5.92 Å². The molecule has 0 saturated heterocycles. The van der Waals surface area contributed by atoms with Gasteiger partial charge in [0.2, 0.25) is 5.91 Å². The Kier molecular flexibility index (Phi) is 6.60. The van der Waals surface area contributed by atoms with E-state index in [1.54, 1.807) is 7.11 Å². The Labute approximate surface area is 109 Å². The minimum Gasteiger partial charge on any atom is -0.394 e. The Morgan fingerprint density at radius 2 is 2.11 bits per heavy atom. The largest absolute Gasteiger partial charge is 0.394 e. The van der Waals surface area contributed by atoms with Gasteiger partial charge in [-0.15, -0.1) is 0 Å². The summed E-state index contributed by atoms with van der Waals surface area (Å²) in [5, 5.41) is 15.5. The van der Waals surface area contributed by atoms with Crippen molar-refractivity contribution in [2.24, 2.45) is 5.92 Å². The van der Waals surface area contributed by atoms with Crippen LogP contribution in [0.1, 0.15) is 32.1 Å². The summed E-state index contributed by atoms with van der Waals surface area (Å²) >= 11 is 0. The predicted molar refractivity (Wildman–Crippen MR) is 70.3 cm³/mol. The zero-order chi connectivity index (χ0) is 13.4. The fourth-order valence-electron chi connectivity index (χ4n) is 2.49. The topological polar surface area (TPSA) is 70.6 Å². The SMILES string of the molecule is CNC1(CO)CCC(C(=O)NCCCOC)CC1. The second-order valence-electron chi connectivity index (χ2n) is 5.10. The van der Waals surface area contributed by atoms with Crippen molar-refractivity contribution in [1.29, 1.82) is 0 Å². The van der Waals surface area contributed by atoms with Crippen molar-refractivity contribution < 1.29 is 14.6 Å². The third-order valence-electron chi connectivity index (χ3n) is 3.97. The van der Waals surface area contributed by atoms with Gasteiger partial charge in [-0.25, -0.2) is 0 Å². The van der Waals surface area contributed by atoms with Crippen LogP contribution in [0.5, 0.6) is 0 Å². The molecule has 106 valence electrons. The number of nitrogens with one attached hydrogen (secondary N) is 2. The highest BCUT2D eigenvalue weighted by molar-refractivity contribution is 5.78. The summed E-state index contributed by atoms with van der Waals surface area (Å²) in [7, 11) is 3.54. The fraction of sp³-hybridized carbons (Fsp3) is 0.923. The third kappa shape index (κ3) is 4.23. The number of likely N-dealkylation sites (N-methyl/N-ethyl adjacent to an activating group) is 1. The summed E-state index contributed by atoms with van der Waals surface area (Å²) in [4.78, 5) is 11.9. The number of ether oxygens (including phenoxy) is 1. The quantitative estimate of drug-likeness (QED) is 0.574. The molecule has 1 amide bonds. The van der Waals surface area contributed by atoms with E-state index in [0.29, 0.717) is 13.2 Å². The Balaban J connectivity index is 2.27. The van der Waals surface area contributed by atoms with E-state index < -0.39 is 0 Å². The monoisotopic (exact) mass is 258 g/mol. The second kappa shape index (κ2) is 7.71. The maximum absolute atomic E-state index is 11.9. The molecule has 0 heterocycles. The van der Waals surface area contributed by atoms with Crippen LogP contribution in [0.3, 0.4) is 0 Å². The number of aliphatic hydroxyl groups excluding tert-OH is 1. The van der Waals surface area contributed by atoms with Crippen LogP contribution in [-0.2, 0) is 9.53 Å². The molecule has 0 aromatic heterocycles. The Morgan fingerprint density at radius 1 is 1.44 bits per heavy atom. The number of hydrogen-bond acceptors (Lipinski definition) is 4. The lowest BCUT2D eigenvalue weighted by Gasteiger charge is -2.38. The number of hydrogen-bond donors (Lipinski definition) is 3. The molecule has 0 aromatic rings. The third-order valence-corrected chi connectivity index (χ3v) is 3.97. The lowest BCUT2D eigenvalue weighted by molar-refractivity contribution is -0.126. The normalized spacial score (nSPS) is 28.1. The number of rotatable bonds is 7. The van der Waals surface area contributed by atoms with Gasteiger partial charge in [-0.05, 0) is 39.2 Å². The highest BCUT2D eigenvalue weighted by Gasteiger charge is 2.35. The first-order valence-electron chi connectivity index (χ1n) is 6.74. The van der Waals surface area contributed by atoms with E-state index in [1.165, 1.54) is 0 Å². The van der Waals surface area contributed by atoms with Gasteiger partial charge in [-0.2, -0.15) is 0 Å². The van der Waals surface area contributed by atoms with Gasteiger partial charge in [0.1, 0.15) is 0 Å². The van der Waals surface area contributed by atoms with E-state index in [4.69, 9.17) is 4.74 Å². The van der Waals surface area contributed by atoms with E-state index in [2.05, 4.69) is 10.6 Å². The molecule has 1 rings (SSSR count). The van der Waals surface area contributed by atoms with Crippen LogP contribution in [0.2, 0.25) is 0 Å². The molecule has 5 nitrogen and oxygen atoms in total. The Hall–Kier alpha value is -0.650. The van der Waals surface area contributed by atoms with Crippen molar-refractivity contribution in [2.75, 3.05) is 33.9 Å². The van der Waals surface area contributed by atoms with Gasteiger partial charge in [0.15, 0.2) is 0 Å². The van der Waals surface area contributed by atoms with E-state index in [1.807, 2.05) is 7.05 Å². The first-order valence-corrected chi connectivity index (χ1v) is 6.74. The van der Waals surface area contributed by atoms with E-state index in [-0.39, 0.29) is 24.0 Å². The summed E-state index contributed by atoms with van der Waals surface area (Å²) < 4.78 is 4.94. The summed E-state index contributed by atoms with van der Waals surface area (Å²) in [6, 6.07) is 0.